The second-order valence-corrected chi connectivity index (χ2v) is 5.73. The molecular formula is C14H30N2. The standard InChI is InChI=1S/C14H30N2/c1-5-14(6-2,11-15-3)12-16(4)10-13-8-7-9-13/h13,15H,5-12H2,1-4H3. The minimum atomic E-state index is 0.479. The number of hydrogen-bond donors (Lipinski definition) is 1. The molecule has 96 valence electrons. The van der Waals surface area contributed by atoms with Gasteiger partial charge in [0.25, 0.3) is 0 Å². The van der Waals surface area contributed by atoms with Gasteiger partial charge in [-0.15, -0.1) is 0 Å². The van der Waals surface area contributed by atoms with Crippen LogP contribution in [0.15, 0.2) is 0 Å². The third kappa shape index (κ3) is 3.74. The topological polar surface area (TPSA) is 15.3 Å². The van der Waals surface area contributed by atoms with Crippen LogP contribution in [-0.2, 0) is 0 Å². The minimum absolute atomic E-state index is 0.479. The highest BCUT2D eigenvalue weighted by atomic mass is 15.1. The summed E-state index contributed by atoms with van der Waals surface area (Å²) in [6.07, 6.45) is 6.93. The van der Waals surface area contributed by atoms with Crippen LogP contribution in [0.1, 0.15) is 46.0 Å². The minimum Gasteiger partial charge on any atom is -0.319 e. The Morgan fingerprint density at radius 3 is 2.25 bits per heavy atom. The van der Waals surface area contributed by atoms with Gasteiger partial charge in [0.15, 0.2) is 0 Å². The predicted molar refractivity (Wildman–Crippen MR) is 71.8 cm³/mol. The quantitative estimate of drug-likeness (QED) is 0.684. The molecule has 1 rings (SSSR count). The lowest BCUT2D eigenvalue weighted by atomic mass is 9.80. The van der Waals surface area contributed by atoms with Gasteiger partial charge in [0, 0.05) is 19.6 Å². The highest BCUT2D eigenvalue weighted by molar-refractivity contribution is 4.83. The zero-order chi connectivity index (χ0) is 12.0. The van der Waals surface area contributed by atoms with Crippen molar-refractivity contribution >= 4 is 0 Å². The van der Waals surface area contributed by atoms with Crippen LogP contribution in [-0.4, -0.2) is 38.6 Å². The zero-order valence-corrected chi connectivity index (χ0v) is 11.7. The van der Waals surface area contributed by atoms with E-state index in [-0.39, 0.29) is 0 Å². The predicted octanol–water partition coefficient (Wildman–Crippen LogP) is 2.74. The molecule has 0 saturated heterocycles. The van der Waals surface area contributed by atoms with Crippen molar-refractivity contribution in [1.29, 1.82) is 0 Å². The summed E-state index contributed by atoms with van der Waals surface area (Å²) in [5, 5.41) is 3.37. The van der Waals surface area contributed by atoms with Crippen molar-refractivity contribution in [3.8, 4) is 0 Å². The molecule has 0 unspecified atom stereocenters. The Morgan fingerprint density at radius 2 is 1.88 bits per heavy atom. The first-order valence-corrected chi connectivity index (χ1v) is 6.99. The fourth-order valence-electron chi connectivity index (χ4n) is 2.91. The van der Waals surface area contributed by atoms with Crippen molar-refractivity contribution < 1.29 is 0 Å². The summed E-state index contributed by atoms with van der Waals surface area (Å²) in [4.78, 5) is 2.56. The monoisotopic (exact) mass is 226 g/mol. The van der Waals surface area contributed by atoms with E-state index in [9.17, 15) is 0 Å². The van der Waals surface area contributed by atoms with Crippen molar-refractivity contribution in [3.63, 3.8) is 0 Å². The lowest BCUT2D eigenvalue weighted by Crippen LogP contribution is -2.43. The molecule has 0 aliphatic heterocycles. The van der Waals surface area contributed by atoms with Crippen molar-refractivity contribution in [2.45, 2.75) is 46.0 Å². The second kappa shape index (κ2) is 6.61. The third-order valence-corrected chi connectivity index (χ3v) is 4.45. The van der Waals surface area contributed by atoms with E-state index >= 15 is 0 Å². The van der Waals surface area contributed by atoms with Crippen molar-refractivity contribution in [2.24, 2.45) is 11.3 Å². The van der Waals surface area contributed by atoms with E-state index in [1.165, 1.54) is 45.2 Å². The molecule has 1 saturated carbocycles. The summed E-state index contributed by atoms with van der Waals surface area (Å²) in [6.45, 7) is 8.37. The molecule has 0 heterocycles. The molecule has 0 radical (unpaired) electrons. The molecule has 0 amide bonds. The van der Waals surface area contributed by atoms with Gasteiger partial charge in [-0.2, -0.15) is 0 Å². The molecule has 1 aliphatic rings. The Bertz CT molecular complexity index is 183. The largest absolute Gasteiger partial charge is 0.319 e. The number of hydrogen-bond acceptors (Lipinski definition) is 2. The van der Waals surface area contributed by atoms with Gasteiger partial charge in [-0.25, -0.2) is 0 Å². The summed E-state index contributed by atoms with van der Waals surface area (Å²) < 4.78 is 0. The molecule has 1 N–H and O–H groups in total. The smallest absolute Gasteiger partial charge is 0.00470 e. The Balaban J connectivity index is 2.38. The first-order valence-electron chi connectivity index (χ1n) is 6.99. The first-order chi connectivity index (χ1) is 7.65. The van der Waals surface area contributed by atoms with E-state index in [4.69, 9.17) is 0 Å². The van der Waals surface area contributed by atoms with Crippen molar-refractivity contribution in [1.82, 2.24) is 10.2 Å². The van der Waals surface area contributed by atoms with Crippen LogP contribution in [0.4, 0.5) is 0 Å². The normalized spacial score (nSPS) is 17.8. The van der Waals surface area contributed by atoms with Gasteiger partial charge < -0.3 is 10.2 Å². The maximum absolute atomic E-state index is 3.37. The second-order valence-electron chi connectivity index (χ2n) is 5.73. The maximum atomic E-state index is 3.37. The SMILES string of the molecule is CCC(CC)(CNC)CN(C)CC1CCC1. The summed E-state index contributed by atoms with van der Waals surface area (Å²) in [6, 6.07) is 0. The first kappa shape index (κ1) is 14.0. The molecule has 1 fully saturated rings. The van der Waals surface area contributed by atoms with E-state index in [1.807, 2.05) is 0 Å². The molecule has 2 nitrogen and oxygen atoms in total. The molecule has 0 atom stereocenters. The van der Waals surface area contributed by atoms with Crippen LogP contribution < -0.4 is 5.32 Å². The molecule has 0 aromatic carbocycles. The van der Waals surface area contributed by atoms with Gasteiger partial charge in [-0.3, -0.25) is 0 Å². The van der Waals surface area contributed by atoms with Gasteiger partial charge in [0.05, 0.1) is 0 Å². The van der Waals surface area contributed by atoms with Crippen molar-refractivity contribution in [2.75, 3.05) is 33.7 Å². The molecule has 1 aliphatic carbocycles. The Hall–Kier alpha value is -0.0800. The molecule has 0 bridgehead atoms. The van der Waals surface area contributed by atoms with Gasteiger partial charge in [-0.05, 0) is 51.1 Å². The molecular weight excluding hydrogens is 196 g/mol. The van der Waals surface area contributed by atoms with Crippen LogP contribution >= 0.6 is 0 Å². The van der Waals surface area contributed by atoms with Gasteiger partial charge in [0.2, 0.25) is 0 Å². The molecule has 0 spiro atoms. The highest BCUT2D eigenvalue weighted by Crippen LogP contribution is 2.30. The zero-order valence-electron chi connectivity index (χ0n) is 11.7. The molecule has 0 aromatic rings. The number of nitrogens with zero attached hydrogens (tertiary/aromatic N) is 1. The molecule has 2 heteroatoms. The van der Waals surface area contributed by atoms with Gasteiger partial charge >= 0.3 is 0 Å². The van der Waals surface area contributed by atoms with Crippen LogP contribution in [0.5, 0.6) is 0 Å². The third-order valence-electron chi connectivity index (χ3n) is 4.45. The van der Waals surface area contributed by atoms with E-state index in [0.29, 0.717) is 5.41 Å². The highest BCUT2D eigenvalue weighted by Gasteiger charge is 2.28. The van der Waals surface area contributed by atoms with Gasteiger partial charge in [0.1, 0.15) is 0 Å². The number of nitrogens with one attached hydrogen (secondary N) is 1. The van der Waals surface area contributed by atoms with E-state index in [0.717, 1.165) is 12.5 Å². The fraction of sp³-hybridized carbons (Fsp3) is 1.00. The number of rotatable bonds is 8. The average Bonchev–Trinajstić information content (AvgIpc) is 2.23. The maximum Gasteiger partial charge on any atom is 0.00470 e. The lowest BCUT2D eigenvalue weighted by Gasteiger charge is -2.38. The molecule has 16 heavy (non-hydrogen) atoms. The van der Waals surface area contributed by atoms with Crippen LogP contribution in [0, 0.1) is 11.3 Å². The fourth-order valence-corrected chi connectivity index (χ4v) is 2.91. The van der Waals surface area contributed by atoms with Gasteiger partial charge in [-0.1, -0.05) is 20.3 Å². The Labute approximate surface area is 102 Å². The Morgan fingerprint density at radius 1 is 1.25 bits per heavy atom. The van der Waals surface area contributed by atoms with Crippen LogP contribution in [0.25, 0.3) is 0 Å². The van der Waals surface area contributed by atoms with E-state index in [1.54, 1.807) is 0 Å². The average molecular weight is 226 g/mol. The Kier molecular flexibility index (Phi) is 5.77. The summed E-state index contributed by atoms with van der Waals surface area (Å²) in [5.74, 6) is 0.992. The van der Waals surface area contributed by atoms with Crippen molar-refractivity contribution in [3.05, 3.63) is 0 Å². The lowest BCUT2D eigenvalue weighted by molar-refractivity contribution is 0.124. The van der Waals surface area contributed by atoms with E-state index < -0.39 is 0 Å². The molecule has 0 aromatic heterocycles. The van der Waals surface area contributed by atoms with Crippen LogP contribution in [0.3, 0.4) is 0 Å². The van der Waals surface area contributed by atoms with E-state index in [2.05, 4.69) is 38.2 Å². The van der Waals surface area contributed by atoms with Crippen LogP contribution in [0.2, 0.25) is 0 Å². The summed E-state index contributed by atoms with van der Waals surface area (Å²) in [7, 11) is 4.38. The summed E-state index contributed by atoms with van der Waals surface area (Å²) >= 11 is 0. The summed E-state index contributed by atoms with van der Waals surface area (Å²) in [5.41, 5.74) is 0.479.